The van der Waals surface area contributed by atoms with Gasteiger partial charge in [-0.15, -0.1) is 0 Å². The van der Waals surface area contributed by atoms with Crippen molar-refractivity contribution in [2.45, 2.75) is 32.0 Å². The molecule has 10 heteroatoms. The number of rotatable bonds is 5. The number of nitrogens with one attached hydrogen (secondary N) is 1. The Kier molecular flexibility index (Phi) is 7.57. The Morgan fingerprint density at radius 1 is 0.970 bits per heavy atom. The molecule has 2 aromatic rings. The Balaban J connectivity index is 1.49. The van der Waals surface area contributed by atoms with Crippen LogP contribution in [-0.2, 0) is 10.9 Å². The lowest BCUT2D eigenvalue weighted by Crippen LogP contribution is -2.46. The van der Waals surface area contributed by atoms with Crippen molar-refractivity contribution in [3.8, 4) is 5.75 Å². The van der Waals surface area contributed by atoms with Gasteiger partial charge in [-0.2, -0.15) is 13.2 Å². The van der Waals surface area contributed by atoms with Gasteiger partial charge in [0.25, 0.3) is 11.8 Å². The summed E-state index contributed by atoms with van der Waals surface area (Å²) >= 11 is 0. The van der Waals surface area contributed by atoms with Gasteiger partial charge in [-0.3, -0.25) is 9.59 Å². The van der Waals surface area contributed by atoms with E-state index in [1.807, 2.05) is 0 Å². The minimum absolute atomic E-state index is 0.145. The fourth-order valence-corrected chi connectivity index (χ4v) is 3.40. The summed E-state index contributed by atoms with van der Waals surface area (Å²) in [5.74, 6) is -0.384. The Morgan fingerprint density at radius 2 is 1.55 bits per heavy atom. The molecule has 1 saturated heterocycles. The maximum atomic E-state index is 12.7. The lowest BCUT2D eigenvalue weighted by atomic mass is 10.0. The maximum Gasteiger partial charge on any atom is 0.513 e. The molecule has 2 aromatic carbocycles. The number of piperidine rings is 1. The second-order valence-corrected chi connectivity index (χ2v) is 7.42. The van der Waals surface area contributed by atoms with Crippen LogP contribution in [-0.4, -0.2) is 48.6 Å². The second kappa shape index (κ2) is 10.4. The fourth-order valence-electron chi connectivity index (χ4n) is 3.40. The molecule has 1 aliphatic rings. The van der Waals surface area contributed by atoms with Crippen LogP contribution in [0.15, 0.2) is 48.5 Å². The normalized spacial score (nSPS) is 14.5. The van der Waals surface area contributed by atoms with Crippen LogP contribution in [0.25, 0.3) is 0 Å². The molecule has 7 nitrogen and oxygen atoms in total. The molecule has 1 heterocycles. The number of amides is 2. The van der Waals surface area contributed by atoms with Crippen molar-refractivity contribution in [1.29, 1.82) is 0 Å². The molecule has 2 amide bonds. The molecule has 1 fully saturated rings. The predicted molar refractivity (Wildman–Crippen MR) is 112 cm³/mol. The topological polar surface area (TPSA) is 84.9 Å². The molecule has 0 spiro atoms. The van der Waals surface area contributed by atoms with E-state index < -0.39 is 23.8 Å². The van der Waals surface area contributed by atoms with Gasteiger partial charge in [-0.25, -0.2) is 4.79 Å². The van der Waals surface area contributed by atoms with Crippen molar-refractivity contribution in [3.05, 3.63) is 65.2 Å². The largest absolute Gasteiger partial charge is 0.513 e. The third kappa shape index (κ3) is 6.47. The number of alkyl halides is 3. The van der Waals surface area contributed by atoms with Crippen molar-refractivity contribution in [2.75, 3.05) is 19.7 Å². The monoisotopic (exact) mass is 464 g/mol. The summed E-state index contributed by atoms with van der Waals surface area (Å²) in [5.41, 5.74) is -0.239. The summed E-state index contributed by atoms with van der Waals surface area (Å²) in [6.45, 7) is 2.68. The fraction of sp³-hybridized carbons (Fsp3) is 0.348. The van der Waals surface area contributed by atoms with Gasteiger partial charge in [0, 0.05) is 30.3 Å². The second-order valence-electron chi connectivity index (χ2n) is 7.42. The van der Waals surface area contributed by atoms with E-state index in [2.05, 4.69) is 5.32 Å². The van der Waals surface area contributed by atoms with E-state index in [4.69, 9.17) is 9.47 Å². The summed E-state index contributed by atoms with van der Waals surface area (Å²) in [5, 5.41) is 2.81. The number of hydrogen-bond acceptors (Lipinski definition) is 5. The number of hydrogen-bond donors (Lipinski definition) is 1. The summed E-state index contributed by atoms with van der Waals surface area (Å²) in [6.07, 6.45) is -4.25. The third-order valence-electron chi connectivity index (χ3n) is 5.16. The van der Waals surface area contributed by atoms with Crippen LogP contribution in [0.4, 0.5) is 18.0 Å². The molecular weight excluding hydrogens is 441 g/mol. The number of benzene rings is 2. The highest BCUT2D eigenvalue weighted by Crippen LogP contribution is 2.29. The van der Waals surface area contributed by atoms with Crippen LogP contribution in [0.2, 0.25) is 0 Å². The Hall–Kier alpha value is -3.56. The first-order valence-corrected chi connectivity index (χ1v) is 10.4. The lowest BCUT2D eigenvalue weighted by molar-refractivity contribution is -0.137. The number of likely N-dealkylation sites (tertiary alicyclic amines) is 1. The minimum Gasteiger partial charge on any atom is -0.434 e. The highest BCUT2D eigenvalue weighted by atomic mass is 19.4. The minimum atomic E-state index is -4.46. The molecule has 0 unspecified atom stereocenters. The van der Waals surface area contributed by atoms with Crippen molar-refractivity contribution < 1.29 is 37.0 Å². The van der Waals surface area contributed by atoms with Gasteiger partial charge in [0.2, 0.25) is 0 Å². The third-order valence-corrected chi connectivity index (χ3v) is 5.16. The molecule has 0 aliphatic carbocycles. The molecule has 0 radical (unpaired) electrons. The van der Waals surface area contributed by atoms with Gasteiger partial charge in [0.1, 0.15) is 5.75 Å². The van der Waals surface area contributed by atoms with Crippen molar-refractivity contribution in [2.24, 2.45) is 0 Å². The van der Waals surface area contributed by atoms with E-state index in [0.717, 1.165) is 24.3 Å². The number of carbonyl (C=O) groups is 3. The molecule has 0 aromatic heterocycles. The van der Waals surface area contributed by atoms with Crippen LogP contribution in [0.1, 0.15) is 46.0 Å². The Bertz CT molecular complexity index is 983. The smallest absolute Gasteiger partial charge is 0.434 e. The number of halogens is 3. The zero-order valence-electron chi connectivity index (χ0n) is 17.9. The van der Waals surface area contributed by atoms with Crippen LogP contribution >= 0.6 is 0 Å². The lowest BCUT2D eigenvalue weighted by Gasteiger charge is -2.32. The summed E-state index contributed by atoms with van der Waals surface area (Å²) in [7, 11) is 0. The molecule has 0 bridgehead atoms. The van der Waals surface area contributed by atoms with E-state index in [0.29, 0.717) is 31.5 Å². The molecule has 33 heavy (non-hydrogen) atoms. The van der Waals surface area contributed by atoms with E-state index in [-0.39, 0.29) is 29.9 Å². The first-order chi connectivity index (χ1) is 15.7. The van der Waals surface area contributed by atoms with E-state index in [1.54, 1.807) is 24.0 Å². The van der Waals surface area contributed by atoms with Crippen LogP contribution in [0, 0.1) is 0 Å². The molecule has 0 atom stereocenters. The van der Waals surface area contributed by atoms with Crippen molar-refractivity contribution in [3.63, 3.8) is 0 Å². The maximum absolute atomic E-state index is 12.7. The molecule has 176 valence electrons. The molecule has 3 rings (SSSR count). The van der Waals surface area contributed by atoms with Gasteiger partial charge in [0.15, 0.2) is 0 Å². The molecule has 1 N–H and O–H groups in total. The summed E-state index contributed by atoms with van der Waals surface area (Å²) < 4.78 is 47.6. The van der Waals surface area contributed by atoms with Crippen LogP contribution in [0.5, 0.6) is 5.75 Å². The van der Waals surface area contributed by atoms with Crippen LogP contribution in [0.3, 0.4) is 0 Å². The van der Waals surface area contributed by atoms with Gasteiger partial charge in [-0.1, -0.05) is 0 Å². The van der Waals surface area contributed by atoms with E-state index >= 15 is 0 Å². The average molecular weight is 464 g/mol. The first kappa shape index (κ1) is 24.1. The number of carbonyl (C=O) groups excluding carboxylic acids is 3. The highest BCUT2D eigenvalue weighted by molar-refractivity contribution is 5.95. The molecule has 1 aliphatic heterocycles. The number of nitrogens with zero attached hydrogens (tertiary/aromatic N) is 1. The van der Waals surface area contributed by atoms with Gasteiger partial charge >= 0.3 is 12.3 Å². The molecular formula is C23H23F3N2O5. The first-order valence-electron chi connectivity index (χ1n) is 10.4. The highest BCUT2D eigenvalue weighted by Gasteiger charge is 2.30. The zero-order valence-corrected chi connectivity index (χ0v) is 17.9. The predicted octanol–water partition coefficient (Wildman–Crippen LogP) is 4.28. The SMILES string of the molecule is CCOC(=O)Oc1ccc(C(=O)N2CCC(NC(=O)c3ccc(C(F)(F)F)cc3)CC2)cc1. The van der Waals surface area contributed by atoms with Crippen molar-refractivity contribution in [1.82, 2.24) is 10.2 Å². The van der Waals surface area contributed by atoms with E-state index in [9.17, 15) is 27.6 Å². The van der Waals surface area contributed by atoms with E-state index in [1.165, 1.54) is 12.1 Å². The van der Waals surface area contributed by atoms with Gasteiger partial charge < -0.3 is 19.7 Å². The van der Waals surface area contributed by atoms with Crippen molar-refractivity contribution >= 4 is 18.0 Å². The number of ether oxygens (including phenoxy) is 2. The summed E-state index contributed by atoms with van der Waals surface area (Å²) in [4.78, 5) is 38.0. The quantitative estimate of drug-likeness (QED) is 0.528. The van der Waals surface area contributed by atoms with Gasteiger partial charge in [0.05, 0.1) is 12.2 Å². The van der Waals surface area contributed by atoms with Gasteiger partial charge in [-0.05, 0) is 68.3 Å². The molecule has 0 saturated carbocycles. The Morgan fingerprint density at radius 3 is 2.09 bits per heavy atom. The zero-order chi connectivity index (χ0) is 24.0. The average Bonchev–Trinajstić information content (AvgIpc) is 2.79. The van der Waals surface area contributed by atoms with Crippen LogP contribution < -0.4 is 10.1 Å². The Labute approximate surface area is 188 Å². The summed E-state index contributed by atoms with van der Waals surface area (Å²) in [6, 6.07) is 9.95. The standard InChI is InChI=1S/C23H23F3N2O5/c1-2-32-22(31)33-19-9-5-16(6-10-19)21(30)28-13-11-18(12-14-28)27-20(29)15-3-7-17(8-4-15)23(24,25)26/h3-10,18H,2,11-14H2,1H3,(H,27,29).